The highest BCUT2D eigenvalue weighted by atomic mass is 16.3. The lowest BCUT2D eigenvalue weighted by Crippen LogP contribution is -2.33. The number of benzene rings is 8. The van der Waals surface area contributed by atoms with Gasteiger partial charge in [-0.1, -0.05) is 167 Å². The van der Waals surface area contributed by atoms with E-state index in [-0.39, 0.29) is 10.8 Å². The smallest absolute Gasteiger partial charge is 0.164 e. The Hall–Kier alpha value is -6.91. The number of furan rings is 1. The van der Waals surface area contributed by atoms with Crippen LogP contribution in [0, 0.1) is 0 Å². The van der Waals surface area contributed by atoms with Gasteiger partial charge < -0.3 is 4.42 Å². The molecule has 284 valence electrons. The molecule has 1 aliphatic rings. The van der Waals surface area contributed by atoms with Crippen LogP contribution in [-0.4, -0.2) is 15.0 Å². The molecule has 2 aromatic heterocycles. The summed E-state index contributed by atoms with van der Waals surface area (Å²) < 4.78 is 6.66. The van der Waals surface area contributed by atoms with E-state index in [1.54, 1.807) is 0 Å². The van der Waals surface area contributed by atoms with Gasteiger partial charge in [-0.25, -0.2) is 15.0 Å². The van der Waals surface area contributed by atoms with Gasteiger partial charge in [0.2, 0.25) is 0 Å². The van der Waals surface area contributed by atoms with Crippen LogP contribution in [0.5, 0.6) is 0 Å². The van der Waals surface area contributed by atoms with E-state index >= 15 is 0 Å². The first-order valence-electron chi connectivity index (χ1n) is 20.6. The van der Waals surface area contributed by atoms with Crippen LogP contribution in [-0.2, 0) is 10.8 Å². The molecule has 0 amide bonds. The summed E-state index contributed by atoms with van der Waals surface area (Å²) in [5.74, 6) is 1.85. The fraction of sp³-hybridized carbons (Fsp3) is 0.145. The molecule has 0 aliphatic heterocycles. The summed E-state index contributed by atoms with van der Waals surface area (Å²) >= 11 is 0. The minimum absolute atomic E-state index is 0.132. The number of fused-ring (bicyclic) bond motifs is 6. The molecule has 8 aromatic carbocycles. The van der Waals surface area contributed by atoms with Gasteiger partial charge >= 0.3 is 0 Å². The Balaban J connectivity index is 1.04. The van der Waals surface area contributed by atoms with Gasteiger partial charge in [0.05, 0.1) is 0 Å². The summed E-state index contributed by atoms with van der Waals surface area (Å²) in [7, 11) is 0. The molecule has 10 aromatic rings. The van der Waals surface area contributed by atoms with E-state index in [1.165, 1.54) is 51.3 Å². The molecule has 0 spiro atoms. The van der Waals surface area contributed by atoms with E-state index in [0.717, 1.165) is 55.1 Å². The Morgan fingerprint density at radius 3 is 1.81 bits per heavy atom. The average molecular weight is 762 g/mol. The van der Waals surface area contributed by atoms with Crippen molar-refractivity contribution in [1.82, 2.24) is 15.0 Å². The van der Waals surface area contributed by atoms with E-state index in [9.17, 15) is 0 Å². The van der Waals surface area contributed by atoms with Crippen LogP contribution >= 0.6 is 0 Å². The predicted octanol–water partition coefficient (Wildman–Crippen LogP) is 14.8. The first kappa shape index (κ1) is 35.3. The van der Waals surface area contributed by atoms with Gasteiger partial charge in [-0.15, -0.1) is 0 Å². The van der Waals surface area contributed by atoms with Crippen molar-refractivity contribution >= 4 is 43.5 Å². The summed E-state index contributed by atoms with van der Waals surface area (Å²) in [6.07, 6.45) is 2.38. The van der Waals surface area contributed by atoms with Gasteiger partial charge in [0.1, 0.15) is 11.2 Å². The third kappa shape index (κ3) is 6.01. The number of aromatic nitrogens is 3. The van der Waals surface area contributed by atoms with Crippen molar-refractivity contribution in [3.05, 3.63) is 175 Å². The SMILES string of the molecule is CC1(C)CCC(C)(C)c2cc(-c3ccc4c(c3)oc3cccc(-c5nc(-c6ccc(-c7cccc8ccccc78)cc6)nc(-c6ccc7ccccc7c6)n5)c34)ccc21. The Kier molecular flexibility index (Phi) is 7.96. The van der Waals surface area contributed by atoms with Crippen molar-refractivity contribution in [2.24, 2.45) is 0 Å². The first-order chi connectivity index (χ1) is 28.7. The fourth-order valence-electron chi connectivity index (χ4n) is 9.32. The Morgan fingerprint density at radius 1 is 0.390 bits per heavy atom. The van der Waals surface area contributed by atoms with Gasteiger partial charge in [-0.3, -0.25) is 0 Å². The number of nitrogens with zero attached hydrogens (tertiary/aromatic N) is 3. The monoisotopic (exact) mass is 761 g/mol. The van der Waals surface area contributed by atoms with Crippen molar-refractivity contribution in [1.29, 1.82) is 0 Å². The number of hydrogen-bond donors (Lipinski definition) is 0. The highest BCUT2D eigenvalue weighted by Gasteiger charge is 2.37. The quantitative estimate of drug-likeness (QED) is 0.175. The predicted molar refractivity (Wildman–Crippen MR) is 245 cm³/mol. The summed E-state index contributed by atoms with van der Waals surface area (Å²) in [4.78, 5) is 15.6. The molecule has 2 heterocycles. The second kappa shape index (κ2) is 13.3. The molecule has 0 atom stereocenters. The second-order valence-electron chi connectivity index (χ2n) is 17.5. The molecule has 4 heteroatoms. The molecule has 1 aliphatic carbocycles. The number of rotatable bonds is 5. The first-order valence-corrected chi connectivity index (χ1v) is 20.6. The summed E-state index contributed by atoms with van der Waals surface area (Å²) in [5, 5.41) is 6.79. The maximum atomic E-state index is 6.66. The minimum Gasteiger partial charge on any atom is -0.456 e. The van der Waals surface area contributed by atoms with Crippen LogP contribution in [0.25, 0.3) is 99.9 Å². The molecule has 0 saturated heterocycles. The van der Waals surface area contributed by atoms with Crippen LogP contribution in [0.3, 0.4) is 0 Å². The Morgan fingerprint density at radius 2 is 0.983 bits per heavy atom. The molecule has 0 N–H and O–H groups in total. The fourth-order valence-corrected chi connectivity index (χ4v) is 9.32. The Labute approximate surface area is 344 Å². The van der Waals surface area contributed by atoms with E-state index in [0.29, 0.717) is 17.5 Å². The van der Waals surface area contributed by atoms with Crippen LogP contribution < -0.4 is 0 Å². The highest BCUT2D eigenvalue weighted by Crippen LogP contribution is 2.47. The third-order valence-electron chi connectivity index (χ3n) is 12.8. The third-order valence-corrected chi connectivity index (χ3v) is 12.8. The lowest BCUT2D eigenvalue weighted by molar-refractivity contribution is 0.332. The maximum absolute atomic E-state index is 6.66. The minimum atomic E-state index is 0.132. The van der Waals surface area contributed by atoms with Gasteiger partial charge in [0, 0.05) is 27.5 Å². The maximum Gasteiger partial charge on any atom is 0.164 e. The average Bonchev–Trinajstić information content (AvgIpc) is 3.66. The van der Waals surface area contributed by atoms with Crippen LogP contribution in [0.2, 0.25) is 0 Å². The van der Waals surface area contributed by atoms with Crippen molar-refractivity contribution in [3.63, 3.8) is 0 Å². The van der Waals surface area contributed by atoms with E-state index < -0.39 is 0 Å². The largest absolute Gasteiger partial charge is 0.456 e. The van der Waals surface area contributed by atoms with Crippen molar-refractivity contribution in [2.75, 3.05) is 0 Å². The van der Waals surface area contributed by atoms with Crippen molar-refractivity contribution < 1.29 is 4.42 Å². The second-order valence-corrected chi connectivity index (χ2v) is 17.5. The van der Waals surface area contributed by atoms with E-state index in [2.05, 4.69) is 179 Å². The molecule has 4 nitrogen and oxygen atoms in total. The number of hydrogen-bond acceptors (Lipinski definition) is 4. The van der Waals surface area contributed by atoms with Crippen LogP contribution in [0.1, 0.15) is 51.7 Å². The van der Waals surface area contributed by atoms with Gasteiger partial charge in [0.15, 0.2) is 17.5 Å². The standard InChI is InChI=1S/C55H43N3O/c1-54(2)29-30-55(3,4)47-32-39(26-28-46(47)54)40-25-27-44-49(33-40)59-48-18-10-17-45(50(44)48)53-57-51(56-52(58-53)41-24-19-34-11-5-6-13-38(34)31-41)37-22-20-36(21-23-37)43-16-9-14-35-12-7-8-15-42(35)43/h5-28,31-33H,29-30H2,1-4H3. The molecule has 0 fully saturated rings. The van der Waals surface area contributed by atoms with Crippen LogP contribution in [0.4, 0.5) is 0 Å². The topological polar surface area (TPSA) is 51.8 Å². The van der Waals surface area contributed by atoms with Crippen molar-refractivity contribution in [3.8, 4) is 56.4 Å². The molecule has 0 bridgehead atoms. The molecule has 0 unspecified atom stereocenters. The normalized spacial score (nSPS) is 14.6. The zero-order chi connectivity index (χ0) is 39.9. The lowest BCUT2D eigenvalue weighted by Gasteiger charge is -2.42. The molecule has 0 saturated carbocycles. The molecule has 11 rings (SSSR count). The Bertz CT molecular complexity index is 3270. The van der Waals surface area contributed by atoms with Crippen molar-refractivity contribution in [2.45, 2.75) is 51.4 Å². The zero-order valence-corrected chi connectivity index (χ0v) is 33.8. The van der Waals surface area contributed by atoms with Gasteiger partial charge in [0.25, 0.3) is 0 Å². The van der Waals surface area contributed by atoms with Crippen LogP contribution in [0.15, 0.2) is 168 Å². The molecular formula is C55H43N3O. The molecular weight excluding hydrogens is 719 g/mol. The summed E-state index contributed by atoms with van der Waals surface area (Å²) in [6, 6.07) is 58.2. The molecule has 0 radical (unpaired) electrons. The highest BCUT2D eigenvalue weighted by molar-refractivity contribution is 6.12. The zero-order valence-electron chi connectivity index (χ0n) is 33.8. The summed E-state index contributed by atoms with van der Waals surface area (Å²) in [5.41, 5.74) is 12.3. The van der Waals surface area contributed by atoms with Gasteiger partial charge in [-0.05, 0) is 103 Å². The summed E-state index contributed by atoms with van der Waals surface area (Å²) in [6.45, 7) is 9.52. The molecule has 59 heavy (non-hydrogen) atoms. The van der Waals surface area contributed by atoms with E-state index in [1.807, 2.05) is 12.1 Å². The van der Waals surface area contributed by atoms with Gasteiger partial charge in [-0.2, -0.15) is 0 Å². The van der Waals surface area contributed by atoms with E-state index in [4.69, 9.17) is 19.4 Å². The lowest BCUT2D eigenvalue weighted by atomic mass is 9.63.